The van der Waals surface area contributed by atoms with Crippen LogP contribution in [0.4, 0.5) is 10.1 Å². The number of para-hydroxylation sites is 1. The van der Waals surface area contributed by atoms with Gasteiger partial charge in [0.2, 0.25) is 11.8 Å². The van der Waals surface area contributed by atoms with E-state index in [1.165, 1.54) is 6.07 Å². The van der Waals surface area contributed by atoms with Crippen LogP contribution in [0.2, 0.25) is 0 Å². The van der Waals surface area contributed by atoms with Gasteiger partial charge in [-0.15, -0.1) is 10.2 Å². The Kier molecular flexibility index (Phi) is 3.60. The SMILES string of the molecule is CC(C)c1nnc(CN(C)c2ccccc2F)o1. The Balaban J connectivity index is 2.11. The van der Waals surface area contributed by atoms with E-state index in [1.807, 2.05) is 13.8 Å². The first-order chi connectivity index (χ1) is 8.58. The predicted molar refractivity (Wildman–Crippen MR) is 66.9 cm³/mol. The molecule has 0 atom stereocenters. The highest BCUT2D eigenvalue weighted by Crippen LogP contribution is 2.19. The Labute approximate surface area is 105 Å². The van der Waals surface area contributed by atoms with Crippen molar-refractivity contribution in [2.24, 2.45) is 0 Å². The number of benzene rings is 1. The summed E-state index contributed by atoms with van der Waals surface area (Å²) in [6.45, 7) is 4.36. The molecule has 2 aromatic rings. The van der Waals surface area contributed by atoms with Crippen LogP contribution < -0.4 is 4.90 Å². The van der Waals surface area contributed by atoms with Crippen LogP contribution in [0.3, 0.4) is 0 Å². The minimum absolute atomic E-state index is 0.199. The standard InChI is InChI=1S/C13H16FN3O/c1-9(2)13-16-15-12(18-13)8-17(3)11-7-5-4-6-10(11)14/h4-7,9H,8H2,1-3H3. The number of aromatic nitrogens is 2. The fraction of sp³-hybridized carbons (Fsp3) is 0.385. The fourth-order valence-electron chi connectivity index (χ4n) is 1.61. The minimum atomic E-state index is -0.261. The molecule has 0 aliphatic heterocycles. The molecular weight excluding hydrogens is 233 g/mol. The van der Waals surface area contributed by atoms with Crippen molar-refractivity contribution in [3.05, 3.63) is 41.9 Å². The first kappa shape index (κ1) is 12.5. The third kappa shape index (κ3) is 2.67. The molecule has 0 aliphatic carbocycles. The van der Waals surface area contributed by atoms with Gasteiger partial charge in [-0.1, -0.05) is 26.0 Å². The second-order valence-electron chi connectivity index (χ2n) is 4.50. The fourth-order valence-corrected chi connectivity index (χ4v) is 1.61. The van der Waals surface area contributed by atoms with E-state index in [0.717, 1.165) is 0 Å². The van der Waals surface area contributed by atoms with Crippen molar-refractivity contribution in [1.82, 2.24) is 10.2 Å². The molecule has 1 heterocycles. The van der Waals surface area contributed by atoms with Crippen LogP contribution in [0.1, 0.15) is 31.5 Å². The number of rotatable bonds is 4. The van der Waals surface area contributed by atoms with Gasteiger partial charge in [0, 0.05) is 13.0 Å². The monoisotopic (exact) mass is 249 g/mol. The molecule has 0 amide bonds. The third-order valence-electron chi connectivity index (χ3n) is 2.61. The second kappa shape index (κ2) is 5.16. The molecule has 0 N–H and O–H groups in total. The third-order valence-corrected chi connectivity index (χ3v) is 2.61. The van der Waals surface area contributed by atoms with E-state index in [1.54, 1.807) is 30.1 Å². The van der Waals surface area contributed by atoms with Crippen molar-refractivity contribution in [3.8, 4) is 0 Å². The van der Waals surface area contributed by atoms with E-state index in [0.29, 0.717) is 24.0 Å². The average molecular weight is 249 g/mol. The Hall–Kier alpha value is -1.91. The summed E-state index contributed by atoms with van der Waals surface area (Å²) in [5.74, 6) is 1.03. The molecule has 0 saturated heterocycles. The van der Waals surface area contributed by atoms with Crippen LogP contribution in [0.25, 0.3) is 0 Å². The summed E-state index contributed by atoms with van der Waals surface area (Å²) in [7, 11) is 1.79. The van der Waals surface area contributed by atoms with Crippen molar-refractivity contribution >= 4 is 5.69 Å². The van der Waals surface area contributed by atoms with Crippen molar-refractivity contribution < 1.29 is 8.81 Å². The quantitative estimate of drug-likeness (QED) is 0.835. The minimum Gasteiger partial charge on any atom is -0.423 e. The van der Waals surface area contributed by atoms with Gasteiger partial charge in [-0.25, -0.2) is 4.39 Å². The normalized spacial score (nSPS) is 10.9. The van der Waals surface area contributed by atoms with Gasteiger partial charge in [-0.2, -0.15) is 0 Å². The maximum atomic E-state index is 13.6. The number of halogens is 1. The van der Waals surface area contributed by atoms with E-state index < -0.39 is 0 Å². The molecule has 1 aromatic carbocycles. The Morgan fingerprint density at radius 1 is 1.28 bits per heavy atom. The molecular formula is C13H16FN3O. The van der Waals surface area contributed by atoms with Gasteiger partial charge in [0.1, 0.15) is 5.82 Å². The maximum Gasteiger partial charge on any atom is 0.235 e. The first-order valence-corrected chi connectivity index (χ1v) is 5.86. The zero-order chi connectivity index (χ0) is 13.1. The van der Waals surface area contributed by atoms with Gasteiger partial charge in [-0.05, 0) is 12.1 Å². The summed E-state index contributed by atoms with van der Waals surface area (Å²) in [5, 5.41) is 7.90. The van der Waals surface area contributed by atoms with Gasteiger partial charge in [0.25, 0.3) is 0 Å². The summed E-state index contributed by atoms with van der Waals surface area (Å²) in [6, 6.07) is 6.60. The molecule has 0 aliphatic rings. The smallest absolute Gasteiger partial charge is 0.235 e. The second-order valence-corrected chi connectivity index (χ2v) is 4.50. The van der Waals surface area contributed by atoms with Crippen LogP contribution in [0.15, 0.2) is 28.7 Å². The predicted octanol–water partition coefficient (Wildman–Crippen LogP) is 2.97. The van der Waals surface area contributed by atoms with Crippen LogP contribution in [0, 0.1) is 5.82 Å². The highest BCUT2D eigenvalue weighted by molar-refractivity contribution is 5.46. The van der Waals surface area contributed by atoms with Gasteiger partial charge in [0.05, 0.1) is 12.2 Å². The zero-order valence-corrected chi connectivity index (χ0v) is 10.7. The van der Waals surface area contributed by atoms with Gasteiger partial charge < -0.3 is 9.32 Å². The van der Waals surface area contributed by atoms with E-state index in [4.69, 9.17) is 4.42 Å². The topological polar surface area (TPSA) is 42.2 Å². The Bertz CT molecular complexity index is 524. The van der Waals surface area contributed by atoms with Gasteiger partial charge in [-0.3, -0.25) is 0 Å². The number of hydrogen-bond acceptors (Lipinski definition) is 4. The Morgan fingerprint density at radius 3 is 2.61 bits per heavy atom. The van der Waals surface area contributed by atoms with E-state index in [-0.39, 0.29) is 11.7 Å². The lowest BCUT2D eigenvalue weighted by Crippen LogP contribution is -2.17. The lowest BCUT2D eigenvalue weighted by molar-refractivity contribution is 0.430. The molecule has 0 spiro atoms. The summed E-state index contributed by atoms with van der Waals surface area (Å²) in [5.41, 5.74) is 0.516. The average Bonchev–Trinajstić information content (AvgIpc) is 2.78. The van der Waals surface area contributed by atoms with Crippen LogP contribution >= 0.6 is 0 Å². The number of anilines is 1. The molecule has 96 valence electrons. The highest BCUT2D eigenvalue weighted by atomic mass is 19.1. The van der Waals surface area contributed by atoms with E-state index >= 15 is 0 Å². The largest absolute Gasteiger partial charge is 0.423 e. The highest BCUT2D eigenvalue weighted by Gasteiger charge is 2.13. The van der Waals surface area contributed by atoms with Crippen LogP contribution in [-0.2, 0) is 6.54 Å². The van der Waals surface area contributed by atoms with Crippen molar-refractivity contribution in [2.75, 3.05) is 11.9 Å². The van der Waals surface area contributed by atoms with Crippen molar-refractivity contribution in [1.29, 1.82) is 0 Å². The molecule has 0 saturated carbocycles. The molecule has 2 rings (SSSR count). The summed E-state index contributed by atoms with van der Waals surface area (Å²) in [6.07, 6.45) is 0. The molecule has 0 radical (unpaired) electrons. The molecule has 0 bridgehead atoms. The lowest BCUT2D eigenvalue weighted by Gasteiger charge is -2.17. The van der Waals surface area contributed by atoms with Gasteiger partial charge >= 0.3 is 0 Å². The van der Waals surface area contributed by atoms with Crippen LogP contribution in [-0.4, -0.2) is 17.2 Å². The van der Waals surface area contributed by atoms with E-state index in [9.17, 15) is 4.39 Å². The number of hydrogen-bond donors (Lipinski definition) is 0. The molecule has 4 nitrogen and oxygen atoms in total. The lowest BCUT2D eigenvalue weighted by atomic mass is 10.2. The van der Waals surface area contributed by atoms with Crippen LogP contribution in [0.5, 0.6) is 0 Å². The number of nitrogens with zero attached hydrogens (tertiary/aromatic N) is 3. The Morgan fingerprint density at radius 2 is 2.00 bits per heavy atom. The molecule has 0 unspecified atom stereocenters. The zero-order valence-electron chi connectivity index (χ0n) is 10.7. The van der Waals surface area contributed by atoms with E-state index in [2.05, 4.69) is 10.2 Å². The summed E-state index contributed by atoms with van der Waals surface area (Å²) in [4.78, 5) is 1.74. The maximum absolute atomic E-state index is 13.6. The van der Waals surface area contributed by atoms with Crippen molar-refractivity contribution in [2.45, 2.75) is 26.3 Å². The summed E-state index contributed by atoms with van der Waals surface area (Å²) >= 11 is 0. The van der Waals surface area contributed by atoms with Gasteiger partial charge in [0.15, 0.2) is 0 Å². The summed E-state index contributed by atoms with van der Waals surface area (Å²) < 4.78 is 19.1. The molecule has 0 fully saturated rings. The first-order valence-electron chi connectivity index (χ1n) is 5.86. The molecule has 1 aromatic heterocycles. The molecule has 5 heteroatoms. The van der Waals surface area contributed by atoms with Crippen molar-refractivity contribution in [3.63, 3.8) is 0 Å². The molecule has 18 heavy (non-hydrogen) atoms.